The van der Waals surface area contributed by atoms with E-state index in [1.165, 1.54) is 11.3 Å². The van der Waals surface area contributed by atoms with Crippen LogP contribution in [-0.2, 0) is 41.3 Å². The van der Waals surface area contributed by atoms with Crippen molar-refractivity contribution in [2.75, 3.05) is 46.1 Å². The van der Waals surface area contributed by atoms with Crippen molar-refractivity contribution in [2.24, 2.45) is 11.8 Å². The van der Waals surface area contributed by atoms with Crippen molar-refractivity contribution in [1.29, 1.82) is 0 Å². The van der Waals surface area contributed by atoms with E-state index in [4.69, 9.17) is 58.5 Å². The maximum Gasteiger partial charge on any atom is 0.348 e. The number of aryl methyl sites for hydroxylation is 2. The minimum absolute atomic E-state index is 0.00944. The van der Waals surface area contributed by atoms with Gasteiger partial charge in [-0.2, -0.15) is 0 Å². The fraction of sp³-hybridized carbons (Fsp3) is 0.684. The first-order valence-electron chi connectivity index (χ1n) is 18.5. The summed E-state index contributed by atoms with van der Waals surface area (Å²) in [6.45, 7) is 2.91. The van der Waals surface area contributed by atoms with Crippen molar-refractivity contribution in [3.05, 3.63) is 55.7 Å². The highest BCUT2D eigenvalue weighted by Gasteiger charge is 2.40. The number of esters is 1. The van der Waals surface area contributed by atoms with Crippen LogP contribution in [0.2, 0.25) is 10.0 Å². The Morgan fingerprint density at radius 2 is 1.53 bits per heavy atom. The number of thiophene rings is 1. The van der Waals surface area contributed by atoms with Gasteiger partial charge in [0.1, 0.15) is 11.5 Å². The number of hydrogen-bond acceptors (Lipinski definition) is 9. The number of ether oxygens (including phenoxy) is 5. The molecule has 51 heavy (non-hydrogen) atoms. The maximum absolute atomic E-state index is 13.2. The fourth-order valence-electron chi connectivity index (χ4n) is 7.25. The van der Waals surface area contributed by atoms with Gasteiger partial charge in [0.15, 0.2) is 12.6 Å². The van der Waals surface area contributed by atoms with Crippen LogP contribution < -0.4 is 0 Å². The minimum Gasteiger partial charge on any atom is -0.461 e. The van der Waals surface area contributed by atoms with Crippen molar-refractivity contribution in [3.8, 4) is 0 Å². The number of carbonyl (C=O) groups is 2. The topological polar surface area (TPSA) is 104 Å². The largest absolute Gasteiger partial charge is 0.461 e. The molecule has 1 aliphatic carbocycles. The summed E-state index contributed by atoms with van der Waals surface area (Å²) in [5, 5.41) is 11.9. The summed E-state index contributed by atoms with van der Waals surface area (Å²) < 4.78 is 28.6. The number of carbonyl (C=O) groups excluding carboxylic acids is 2. The average Bonchev–Trinajstić information content (AvgIpc) is 3.70. The van der Waals surface area contributed by atoms with Crippen molar-refractivity contribution in [1.82, 2.24) is 4.90 Å². The van der Waals surface area contributed by atoms with Gasteiger partial charge in [0.05, 0.1) is 25.7 Å². The molecule has 3 fully saturated rings. The number of nitrogens with zero attached hydrogens (tertiary/aromatic N) is 1. The number of amides is 1. The molecule has 284 valence electrons. The Bertz CT molecular complexity index is 1320. The van der Waals surface area contributed by atoms with Gasteiger partial charge in [-0.3, -0.25) is 4.79 Å². The molecule has 0 radical (unpaired) electrons. The number of aliphatic hydroxyl groups excluding tert-OH is 1. The number of rotatable bonds is 19. The number of halogens is 3. The van der Waals surface area contributed by atoms with Crippen LogP contribution >= 0.6 is 46.1 Å². The summed E-state index contributed by atoms with van der Waals surface area (Å²) in [6, 6.07) is 9.31. The van der Waals surface area contributed by atoms with Crippen LogP contribution in [0.5, 0.6) is 0 Å². The predicted molar refractivity (Wildman–Crippen MR) is 200 cm³/mol. The van der Waals surface area contributed by atoms with E-state index in [1.807, 2.05) is 18.2 Å². The number of hydrogen-bond donors (Lipinski definition) is 1. The van der Waals surface area contributed by atoms with Gasteiger partial charge >= 0.3 is 5.97 Å². The Morgan fingerprint density at radius 3 is 2.16 bits per heavy atom. The van der Waals surface area contributed by atoms with Crippen LogP contribution in [0.3, 0.4) is 0 Å². The quantitative estimate of drug-likeness (QED) is 0.113. The minimum atomic E-state index is -0.429. The predicted octanol–water partition coefficient (Wildman–Crippen LogP) is 8.08. The zero-order valence-corrected chi connectivity index (χ0v) is 32.4. The van der Waals surface area contributed by atoms with E-state index in [0.717, 1.165) is 81.1 Å². The highest BCUT2D eigenvalue weighted by atomic mass is 35.5. The molecule has 5 rings (SSSR count). The second-order valence-corrected chi connectivity index (χ2v) is 16.3. The van der Waals surface area contributed by atoms with Crippen LogP contribution in [0.4, 0.5) is 0 Å². The van der Waals surface area contributed by atoms with E-state index in [-0.39, 0.29) is 48.7 Å². The lowest BCUT2D eigenvalue weighted by Crippen LogP contribution is -2.39. The summed E-state index contributed by atoms with van der Waals surface area (Å²) in [5.74, 6) is -0.242. The Labute approximate surface area is 321 Å². The number of alkyl halides is 1. The lowest BCUT2D eigenvalue weighted by molar-refractivity contribution is -0.173. The van der Waals surface area contributed by atoms with Crippen LogP contribution in [-0.4, -0.2) is 92.1 Å². The molecule has 2 aliphatic heterocycles. The molecule has 0 spiro atoms. The molecule has 0 bridgehead atoms. The second kappa shape index (κ2) is 21.4. The molecule has 3 aliphatic rings. The van der Waals surface area contributed by atoms with Crippen molar-refractivity contribution < 1.29 is 38.4 Å². The third-order valence-electron chi connectivity index (χ3n) is 10.00. The number of aliphatic hydroxyl groups is 1. The molecule has 3 heterocycles. The monoisotopic (exact) mass is 787 g/mol. The summed E-state index contributed by atoms with van der Waals surface area (Å²) >= 11 is 20.5. The van der Waals surface area contributed by atoms with E-state index in [9.17, 15) is 14.7 Å². The first-order chi connectivity index (χ1) is 24.7. The lowest BCUT2D eigenvalue weighted by Gasteiger charge is -2.27. The Kier molecular flexibility index (Phi) is 17.1. The van der Waals surface area contributed by atoms with Crippen LogP contribution in [0.25, 0.3) is 0 Å². The van der Waals surface area contributed by atoms with E-state index < -0.39 is 12.1 Å². The fourth-order valence-corrected chi connectivity index (χ4v) is 9.26. The Balaban J connectivity index is 1.03. The molecule has 1 saturated carbocycles. The highest BCUT2D eigenvalue weighted by molar-refractivity contribution is 7.13. The molecule has 1 N–H and O–H groups in total. The van der Waals surface area contributed by atoms with Gasteiger partial charge in [0, 0.05) is 46.6 Å². The van der Waals surface area contributed by atoms with Gasteiger partial charge < -0.3 is 33.7 Å². The maximum atomic E-state index is 13.2. The van der Waals surface area contributed by atoms with Gasteiger partial charge in [-0.1, -0.05) is 23.2 Å². The summed E-state index contributed by atoms with van der Waals surface area (Å²) in [6.07, 6.45) is 9.91. The molecule has 2 saturated heterocycles. The lowest BCUT2D eigenvalue weighted by atomic mass is 9.85. The van der Waals surface area contributed by atoms with Crippen LogP contribution in [0.15, 0.2) is 30.3 Å². The van der Waals surface area contributed by atoms with Crippen LogP contribution in [0, 0.1) is 11.8 Å². The molecule has 9 nitrogen and oxygen atoms in total. The number of benzene rings is 1. The van der Waals surface area contributed by atoms with Gasteiger partial charge in [-0.25, -0.2) is 4.79 Å². The molecule has 1 aromatic carbocycles. The Hall–Kier alpha value is -1.47. The zero-order valence-electron chi connectivity index (χ0n) is 29.3. The summed E-state index contributed by atoms with van der Waals surface area (Å²) in [4.78, 5) is 29.4. The van der Waals surface area contributed by atoms with Gasteiger partial charge in [0.2, 0.25) is 5.91 Å². The zero-order chi connectivity index (χ0) is 36.0. The third-order valence-corrected chi connectivity index (χ3v) is 12.1. The molecule has 1 aromatic heterocycles. The highest BCUT2D eigenvalue weighted by Crippen LogP contribution is 2.42. The molecular formula is C38H52Cl3NO8S. The molecular weight excluding hydrogens is 737 g/mol. The van der Waals surface area contributed by atoms with Crippen molar-refractivity contribution in [2.45, 2.75) is 108 Å². The standard InChI is InChI=1S/C38H52Cl3NO8S/c39-27-22-26(23-28(40)24-27)10-12-31-30(32(41)25-33(31)43)7-5-6-29-11-13-34(51-29)38(45)50-19-14-35(44)42(15-20-48-36-8-1-3-17-46-36)16-21-49-37-9-2-4-18-47-37/h11,13,22-24,30-33,36-37,43H,1-10,12,14-21,25H2/t30-,31-,32-,33-,36?,37?/m1/s1. The van der Waals surface area contributed by atoms with E-state index in [0.29, 0.717) is 60.9 Å². The molecule has 2 unspecified atom stereocenters. The average molecular weight is 789 g/mol. The first kappa shape index (κ1) is 40.7. The smallest absolute Gasteiger partial charge is 0.348 e. The molecule has 1 amide bonds. The summed E-state index contributed by atoms with van der Waals surface area (Å²) in [7, 11) is 0. The SMILES string of the molecule is O=C(OCCC(=O)N(CCOC1CCCCO1)CCOC1CCCCO1)c1ccc(CCC[C@@H]2[C@@H](CCc3cc(Cl)cc(Cl)c3)[C@H](O)C[C@H]2Cl)s1. The Morgan fingerprint density at radius 1 is 0.863 bits per heavy atom. The summed E-state index contributed by atoms with van der Waals surface area (Å²) in [5.41, 5.74) is 1.06. The van der Waals surface area contributed by atoms with Crippen molar-refractivity contribution >= 4 is 58.0 Å². The normalized spacial score (nSPS) is 25.2. The first-order valence-corrected chi connectivity index (χ1v) is 20.5. The van der Waals surface area contributed by atoms with E-state index in [1.54, 1.807) is 17.0 Å². The molecule has 6 atom stereocenters. The second-order valence-electron chi connectivity index (χ2n) is 13.7. The van der Waals surface area contributed by atoms with Gasteiger partial charge in [-0.15, -0.1) is 22.9 Å². The van der Waals surface area contributed by atoms with Crippen molar-refractivity contribution in [3.63, 3.8) is 0 Å². The van der Waals surface area contributed by atoms with E-state index in [2.05, 4.69) is 0 Å². The van der Waals surface area contributed by atoms with E-state index >= 15 is 0 Å². The molecule has 13 heteroatoms. The third kappa shape index (κ3) is 13.4. The van der Waals surface area contributed by atoms with Crippen LogP contribution in [0.1, 0.15) is 90.7 Å². The molecule has 2 aromatic rings. The van der Waals surface area contributed by atoms with Gasteiger partial charge in [-0.05, 0) is 125 Å². The van der Waals surface area contributed by atoms with Gasteiger partial charge in [0.25, 0.3) is 0 Å².